The number of benzene rings is 2. The minimum absolute atomic E-state index is 0.203. The molecule has 31 heavy (non-hydrogen) atoms. The van der Waals surface area contributed by atoms with E-state index in [1.807, 2.05) is 30.3 Å². The van der Waals surface area contributed by atoms with Gasteiger partial charge in [-0.3, -0.25) is 9.69 Å². The monoisotopic (exact) mass is 419 g/mol. The Morgan fingerprint density at radius 1 is 0.903 bits per heavy atom. The van der Waals surface area contributed by atoms with E-state index in [2.05, 4.69) is 27.3 Å². The highest BCUT2D eigenvalue weighted by Gasteiger charge is 2.16. The lowest BCUT2D eigenvalue weighted by molar-refractivity contribution is 0.0945. The molecular weight excluding hydrogens is 397 g/mol. The molecule has 1 N–H and O–H groups in total. The quantitative estimate of drug-likeness (QED) is 0.431. The molecule has 0 radical (unpaired) electrons. The third-order valence-electron chi connectivity index (χ3n) is 4.72. The zero-order chi connectivity index (χ0) is 21.5. The Labute approximate surface area is 179 Å². The fraction of sp³-hybridized carbons (Fsp3) is 0.167. The standard InChI is InChI=1S/C24H22FN3O3/c25-20-10-8-18(9-11-20)13-26-24(29)22-17-31-23(27-22)16-28(15-21-7-4-12-30-21)14-19-5-2-1-3-6-19/h1-12,17H,13-16H2,(H,26,29). The number of oxazole rings is 1. The molecule has 0 aliphatic carbocycles. The van der Waals surface area contributed by atoms with Gasteiger partial charge < -0.3 is 14.2 Å². The van der Waals surface area contributed by atoms with Crippen LogP contribution in [0, 0.1) is 5.82 Å². The van der Waals surface area contributed by atoms with Gasteiger partial charge in [0.1, 0.15) is 17.8 Å². The van der Waals surface area contributed by atoms with Crippen LogP contribution in [0.1, 0.15) is 33.3 Å². The topological polar surface area (TPSA) is 71.5 Å². The van der Waals surface area contributed by atoms with Gasteiger partial charge in [-0.05, 0) is 35.4 Å². The van der Waals surface area contributed by atoms with E-state index < -0.39 is 0 Å². The van der Waals surface area contributed by atoms with Gasteiger partial charge in [0, 0.05) is 13.1 Å². The van der Waals surface area contributed by atoms with E-state index in [-0.39, 0.29) is 24.0 Å². The predicted molar refractivity (Wildman–Crippen MR) is 112 cm³/mol. The molecule has 158 valence electrons. The number of nitrogens with zero attached hydrogens (tertiary/aromatic N) is 2. The molecule has 0 aliphatic heterocycles. The number of nitrogens with one attached hydrogen (secondary N) is 1. The molecule has 2 aromatic heterocycles. The summed E-state index contributed by atoms with van der Waals surface area (Å²) in [5, 5.41) is 2.77. The van der Waals surface area contributed by atoms with Gasteiger partial charge in [-0.1, -0.05) is 42.5 Å². The molecule has 1 amide bonds. The second kappa shape index (κ2) is 9.86. The molecule has 2 heterocycles. The van der Waals surface area contributed by atoms with Gasteiger partial charge in [0.2, 0.25) is 5.89 Å². The molecule has 0 saturated heterocycles. The van der Waals surface area contributed by atoms with Gasteiger partial charge in [-0.25, -0.2) is 9.37 Å². The highest BCUT2D eigenvalue weighted by atomic mass is 19.1. The van der Waals surface area contributed by atoms with Gasteiger partial charge in [-0.15, -0.1) is 0 Å². The van der Waals surface area contributed by atoms with Crippen LogP contribution in [0.5, 0.6) is 0 Å². The lowest BCUT2D eigenvalue weighted by Crippen LogP contribution is -2.24. The van der Waals surface area contributed by atoms with Crippen molar-refractivity contribution in [3.63, 3.8) is 0 Å². The number of halogens is 1. The summed E-state index contributed by atoms with van der Waals surface area (Å²) < 4.78 is 24.0. The fourth-order valence-corrected chi connectivity index (χ4v) is 3.19. The normalized spacial score (nSPS) is 11.0. The van der Waals surface area contributed by atoms with Gasteiger partial charge in [0.05, 0.1) is 19.4 Å². The third kappa shape index (κ3) is 5.90. The zero-order valence-corrected chi connectivity index (χ0v) is 16.8. The molecule has 7 heteroatoms. The Hall–Kier alpha value is -3.71. The van der Waals surface area contributed by atoms with Crippen LogP contribution >= 0.6 is 0 Å². The van der Waals surface area contributed by atoms with Crippen LogP contribution in [-0.2, 0) is 26.2 Å². The fourth-order valence-electron chi connectivity index (χ4n) is 3.19. The average molecular weight is 419 g/mol. The highest BCUT2D eigenvalue weighted by molar-refractivity contribution is 5.91. The van der Waals surface area contributed by atoms with Crippen LogP contribution in [0.2, 0.25) is 0 Å². The van der Waals surface area contributed by atoms with E-state index in [1.165, 1.54) is 18.4 Å². The molecule has 0 unspecified atom stereocenters. The minimum Gasteiger partial charge on any atom is -0.468 e. The van der Waals surface area contributed by atoms with E-state index in [0.717, 1.165) is 16.9 Å². The van der Waals surface area contributed by atoms with Gasteiger partial charge >= 0.3 is 0 Å². The number of carbonyl (C=O) groups excluding carboxylic acids is 1. The number of amides is 1. The first-order chi connectivity index (χ1) is 15.2. The van der Waals surface area contributed by atoms with E-state index in [0.29, 0.717) is 25.5 Å². The Bertz CT molecular complexity index is 1090. The lowest BCUT2D eigenvalue weighted by atomic mass is 10.2. The van der Waals surface area contributed by atoms with Crippen LogP contribution in [0.15, 0.2) is 88.1 Å². The predicted octanol–water partition coefficient (Wildman–Crippen LogP) is 4.54. The summed E-state index contributed by atoms with van der Waals surface area (Å²) in [6, 6.07) is 19.8. The molecule has 4 aromatic rings. The summed E-state index contributed by atoms with van der Waals surface area (Å²) in [6.07, 6.45) is 2.99. The van der Waals surface area contributed by atoms with Crippen molar-refractivity contribution in [3.8, 4) is 0 Å². The molecule has 0 aliphatic rings. The number of rotatable bonds is 9. The van der Waals surface area contributed by atoms with E-state index >= 15 is 0 Å². The van der Waals surface area contributed by atoms with Crippen LogP contribution in [-0.4, -0.2) is 15.8 Å². The Morgan fingerprint density at radius 2 is 1.71 bits per heavy atom. The van der Waals surface area contributed by atoms with Crippen molar-refractivity contribution in [3.05, 3.63) is 114 Å². The van der Waals surface area contributed by atoms with E-state index in [4.69, 9.17) is 8.83 Å². The SMILES string of the molecule is O=C(NCc1ccc(F)cc1)c1coc(CN(Cc2ccccc2)Cc2ccco2)n1. The Morgan fingerprint density at radius 3 is 2.45 bits per heavy atom. The van der Waals surface area contributed by atoms with Crippen LogP contribution in [0.4, 0.5) is 4.39 Å². The maximum Gasteiger partial charge on any atom is 0.273 e. The first kappa shape index (κ1) is 20.6. The van der Waals surface area contributed by atoms with Crippen LogP contribution in [0.25, 0.3) is 0 Å². The molecular formula is C24H22FN3O3. The second-order valence-corrected chi connectivity index (χ2v) is 7.15. The van der Waals surface area contributed by atoms with Crippen molar-refractivity contribution in [1.29, 1.82) is 0 Å². The summed E-state index contributed by atoms with van der Waals surface area (Å²) in [6.45, 7) is 1.95. The van der Waals surface area contributed by atoms with Gasteiger partial charge in [0.15, 0.2) is 5.69 Å². The maximum absolute atomic E-state index is 13.0. The number of hydrogen-bond acceptors (Lipinski definition) is 5. The number of carbonyl (C=O) groups is 1. The highest BCUT2D eigenvalue weighted by Crippen LogP contribution is 2.15. The van der Waals surface area contributed by atoms with Crippen molar-refractivity contribution < 1.29 is 18.0 Å². The molecule has 4 rings (SSSR count). The molecule has 2 aromatic carbocycles. The summed E-state index contributed by atoms with van der Waals surface area (Å²) in [7, 11) is 0. The lowest BCUT2D eigenvalue weighted by Gasteiger charge is -2.19. The van der Waals surface area contributed by atoms with Crippen molar-refractivity contribution in [1.82, 2.24) is 15.2 Å². The third-order valence-corrected chi connectivity index (χ3v) is 4.72. The summed E-state index contributed by atoms with van der Waals surface area (Å²) in [5.74, 6) is 0.611. The molecule has 0 spiro atoms. The van der Waals surface area contributed by atoms with Crippen molar-refractivity contribution >= 4 is 5.91 Å². The van der Waals surface area contributed by atoms with Gasteiger partial charge in [-0.2, -0.15) is 0 Å². The average Bonchev–Trinajstić information content (AvgIpc) is 3.46. The second-order valence-electron chi connectivity index (χ2n) is 7.15. The number of hydrogen-bond donors (Lipinski definition) is 1. The molecule has 6 nitrogen and oxygen atoms in total. The summed E-state index contributed by atoms with van der Waals surface area (Å²) >= 11 is 0. The number of furan rings is 1. The summed E-state index contributed by atoms with van der Waals surface area (Å²) in [4.78, 5) is 18.9. The first-order valence-corrected chi connectivity index (χ1v) is 9.91. The van der Waals surface area contributed by atoms with Gasteiger partial charge in [0.25, 0.3) is 5.91 Å². The number of aromatic nitrogens is 1. The largest absolute Gasteiger partial charge is 0.468 e. The van der Waals surface area contributed by atoms with Crippen molar-refractivity contribution in [2.24, 2.45) is 0 Å². The minimum atomic E-state index is -0.347. The Kier molecular flexibility index (Phi) is 6.54. The zero-order valence-electron chi connectivity index (χ0n) is 16.8. The first-order valence-electron chi connectivity index (χ1n) is 9.91. The van der Waals surface area contributed by atoms with E-state index in [9.17, 15) is 9.18 Å². The van der Waals surface area contributed by atoms with Crippen LogP contribution in [0.3, 0.4) is 0 Å². The Balaban J connectivity index is 1.39. The van der Waals surface area contributed by atoms with Crippen molar-refractivity contribution in [2.45, 2.75) is 26.2 Å². The summed E-state index contributed by atoms with van der Waals surface area (Å²) in [5.41, 5.74) is 2.15. The maximum atomic E-state index is 13.0. The van der Waals surface area contributed by atoms with Crippen LogP contribution < -0.4 is 5.32 Å². The molecule has 0 bridgehead atoms. The molecule has 0 saturated carbocycles. The molecule has 0 fully saturated rings. The smallest absolute Gasteiger partial charge is 0.273 e. The van der Waals surface area contributed by atoms with Crippen molar-refractivity contribution in [2.75, 3.05) is 0 Å². The van der Waals surface area contributed by atoms with E-state index in [1.54, 1.807) is 18.4 Å². The molecule has 0 atom stereocenters.